The number of esters is 3. The van der Waals surface area contributed by atoms with Crippen LogP contribution in [-0.2, 0) is 23.7 Å². The summed E-state index contributed by atoms with van der Waals surface area (Å²) < 4.78 is 28.0. The molecule has 1 saturated heterocycles. The van der Waals surface area contributed by atoms with Gasteiger partial charge in [-0.2, -0.15) is 0 Å². The lowest BCUT2D eigenvalue weighted by molar-refractivity contribution is -0.145. The first-order valence-corrected chi connectivity index (χ1v) is 11.0. The normalized spacial score (nSPS) is 21.2. The molecule has 8 nitrogen and oxygen atoms in total. The number of hydrogen-bond acceptors (Lipinski definition) is 8. The second kappa shape index (κ2) is 11.4. The third-order valence-electron chi connectivity index (χ3n) is 5.41. The molecule has 8 heteroatoms. The quantitative estimate of drug-likeness (QED) is 0.359. The fraction of sp³-hybridized carbons (Fsp3) is 0.222. The minimum Gasteiger partial charge on any atom is -0.459 e. The van der Waals surface area contributed by atoms with E-state index in [4.69, 9.17) is 23.7 Å². The molecule has 4 rings (SSSR count). The van der Waals surface area contributed by atoms with Gasteiger partial charge >= 0.3 is 17.9 Å². The molecule has 0 radical (unpaired) electrons. The zero-order valence-corrected chi connectivity index (χ0v) is 18.9. The van der Waals surface area contributed by atoms with Crippen LogP contribution in [0.5, 0.6) is 0 Å². The maximum absolute atomic E-state index is 12.8. The number of ether oxygens (including phenoxy) is 5. The Hall–Kier alpha value is -4.01. The Kier molecular flexibility index (Phi) is 7.87. The van der Waals surface area contributed by atoms with E-state index in [2.05, 4.69) is 0 Å². The lowest BCUT2D eigenvalue weighted by Gasteiger charge is -2.22. The van der Waals surface area contributed by atoms with Gasteiger partial charge in [-0.15, -0.1) is 0 Å². The molecule has 3 aromatic carbocycles. The number of methoxy groups -OCH3 is 1. The average Bonchev–Trinajstić information content (AvgIpc) is 3.23. The fourth-order valence-electron chi connectivity index (χ4n) is 3.64. The molecule has 4 atom stereocenters. The first-order valence-electron chi connectivity index (χ1n) is 11.0. The standard InChI is InChI=1S/C27H24O8/c1-31-23-22(34-25(29)19-13-7-3-8-14-19)21(17-32-24(28)18-11-5-2-6-12-18)33-27(23)35-26(30)20-15-9-4-10-16-20/h2-16,21-23,27H,17H2,1H3/t21-,22-,23-,27+/m1/s1. The van der Waals surface area contributed by atoms with Gasteiger partial charge in [0.1, 0.15) is 12.7 Å². The Bertz CT molecular complexity index is 1130. The van der Waals surface area contributed by atoms with Crippen LogP contribution in [0.3, 0.4) is 0 Å². The van der Waals surface area contributed by atoms with Crippen molar-refractivity contribution in [1.29, 1.82) is 0 Å². The monoisotopic (exact) mass is 476 g/mol. The topological polar surface area (TPSA) is 97.4 Å². The molecule has 1 fully saturated rings. The van der Waals surface area contributed by atoms with Gasteiger partial charge in [-0.05, 0) is 36.4 Å². The van der Waals surface area contributed by atoms with Crippen molar-refractivity contribution in [3.05, 3.63) is 108 Å². The highest BCUT2D eigenvalue weighted by Gasteiger charge is 2.50. The Morgan fingerprint density at radius 1 is 0.657 bits per heavy atom. The van der Waals surface area contributed by atoms with Crippen molar-refractivity contribution in [3.8, 4) is 0 Å². The average molecular weight is 476 g/mol. The number of carbonyl (C=O) groups excluding carboxylic acids is 3. The number of benzene rings is 3. The summed E-state index contributed by atoms with van der Waals surface area (Å²) >= 11 is 0. The molecule has 180 valence electrons. The van der Waals surface area contributed by atoms with Crippen molar-refractivity contribution in [3.63, 3.8) is 0 Å². The largest absolute Gasteiger partial charge is 0.459 e. The molecule has 1 aliphatic rings. The van der Waals surface area contributed by atoms with Gasteiger partial charge in [0, 0.05) is 7.11 Å². The molecule has 35 heavy (non-hydrogen) atoms. The molecular weight excluding hydrogens is 452 g/mol. The molecule has 0 amide bonds. The van der Waals surface area contributed by atoms with Gasteiger partial charge in [0.25, 0.3) is 0 Å². The van der Waals surface area contributed by atoms with Crippen molar-refractivity contribution >= 4 is 17.9 Å². The summed E-state index contributed by atoms with van der Waals surface area (Å²) in [6, 6.07) is 25.2. The predicted octanol–water partition coefficient (Wildman–Crippen LogP) is 3.67. The van der Waals surface area contributed by atoms with Gasteiger partial charge in [0.15, 0.2) is 12.2 Å². The SMILES string of the molecule is CO[C@H]1[C@H](OC(=O)c2ccccc2)O[C@H](COC(=O)c2ccccc2)[C@H]1OC(=O)c1ccccc1. The maximum Gasteiger partial charge on any atom is 0.340 e. The van der Waals surface area contributed by atoms with E-state index in [1.54, 1.807) is 91.0 Å². The van der Waals surface area contributed by atoms with Crippen LogP contribution in [0.2, 0.25) is 0 Å². The van der Waals surface area contributed by atoms with Gasteiger partial charge in [-0.3, -0.25) is 0 Å². The highest BCUT2D eigenvalue weighted by Crippen LogP contribution is 2.29. The molecule has 1 aliphatic heterocycles. The van der Waals surface area contributed by atoms with Crippen LogP contribution in [0.15, 0.2) is 91.0 Å². The van der Waals surface area contributed by atoms with Gasteiger partial charge in [-0.1, -0.05) is 54.6 Å². The highest BCUT2D eigenvalue weighted by molar-refractivity contribution is 5.90. The number of carbonyl (C=O) groups is 3. The van der Waals surface area contributed by atoms with Crippen LogP contribution in [-0.4, -0.2) is 56.2 Å². The van der Waals surface area contributed by atoms with E-state index in [9.17, 15) is 14.4 Å². The zero-order chi connectivity index (χ0) is 24.6. The third-order valence-corrected chi connectivity index (χ3v) is 5.41. The fourth-order valence-corrected chi connectivity index (χ4v) is 3.64. The zero-order valence-electron chi connectivity index (χ0n) is 18.9. The molecule has 0 unspecified atom stereocenters. The van der Waals surface area contributed by atoms with E-state index in [0.717, 1.165) is 0 Å². The smallest absolute Gasteiger partial charge is 0.340 e. The summed E-state index contributed by atoms with van der Waals surface area (Å²) in [4.78, 5) is 37.8. The maximum atomic E-state index is 12.8. The van der Waals surface area contributed by atoms with Crippen LogP contribution in [0.25, 0.3) is 0 Å². The number of hydrogen-bond donors (Lipinski definition) is 0. The van der Waals surface area contributed by atoms with Crippen molar-refractivity contribution < 1.29 is 38.1 Å². The Labute approximate surface area is 202 Å². The summed E-state index contributed by atoms with van der Waals surface area (Å²) in [7, 11) is 1.39. The van der Waals surface area contributed by atoms with Crippen molar-refractivity contribution in [1.82, 2.24) is 0 Å². The first-order chi connectivity index (χ1) is 17.1. The lowest BCUT2D eigenvalue weighted by Crippen LogP contribution is -2.41. The molecule has 0 aliphatic carbocycles. The van der Waals surface area contributed by atoms with E-state index in [0.29, 0.717) is 16.7 Å². The minimum atomic E-state index is -1.19. The summed E-state index contributed by atoms with van der Waals surface area (Å²) in [6.45, 7) is -0.250. The van der Waals surface area contributed by atoms with E-state index in [1.807, 2.05) is 0 Å². The van der Waals surface area contributed by atoms with Crippen LogP contribution in [0.1, 0.15) is 31.1 Å². The molecule has 0 aromatic heterocycles. The Morgan fingerprint density at radius 3 is 1.60 bits per heavy atom. The second-order valence-electron chi connectivity index (χ2n) is 7.72. The Morgan fingerprint density at radius 2 is 1.11 bits per heavy atom. The van der Waals surface area contributed by atoms with Gasteiger partial charge in [0.05, 0.1) is 16.7 Å². The Balaban J connectivity index is 1.51. The second-order valence-corrected chi connectivity index (χ2v) is 7.72. The lowest BCUT2D eigenvalue weighted by atomic mass is 10.1. The highest BCUT2D eigenvalue weighted by atomic mass is 16.7. The van der Waals surface area contributed by atoms with Gasteiger partial charge in [0.2, 0.25) is 6.29 Å². The first kappa shape index (κ1) is 24.1. The van der Waals surface area contributed by atoms with Crippen LogP contribution < -0.4 is 0 Å². The third kappa shape index (κ3) is 5.92. The molecular formula is C27H24O8. The summed E-state index contributed by atoms with van der Waals surface area (Å²) in [5.41, 5.74) is 1.01. The molecule has 0 bridgehead atoms. The molecule has 3 aromatic rings. The van der Waals surface area contributed by atoms with Gasteiger partial charge in [-0.25, -0.2) is 14.4 Å². The van der Waals surface area contributed by atoms with Crippen molar-refractivity contribution in [2.24, 2.45) is 0 Å². The van der Waals surface area contributed by atoms with Gasteiger partial charge < -0.3 is 23.7 Å². The summed E-state index contributed by atoms with van der Waals surface area (Å²) in [5, 5.41) is 0. The van der Waals surface area contributed by atoms with E-state index in [1.165, 1.54) is 7.11 Å². The minimum absolute atomic E-state index is 0.250. The van der Waals surface area contributed by atoms with Crippen LogP contribution in [0, 0.1) is 0 Å². The van der Waals surface area contributed by atoms with Crippen molar-refractivity contribution in [2.75, 3.05) is 13.7 Å². The molecule has 0 N–H and O–H groups in total. The van der Waals surface area contributed by atoms with E-state index < -0.39 is 42.5 Å². The van der Waals surface area contributed by atoms with E-state index in [-0.39, 0.29) is 6.61 Å². The predicted molar refractivity (Wildman–Crippen MR) is 124 cm³/mol. The molecule has 1 heterocycles. The van der Waals surface area contributed by atoms with E-state index >= 15 is 0 Å². The summed E-state index contributed by atoms with van der Waals surface area (Å²) in [5.74, 6) is -1.82. The summed E-state index contributed by atoms with van der Waals surface area (Å²) in [6.07, 6.45) is -4.09. The molecule has 0 spiro atoms. The van der Waals surface area contributed by atoms with Crippen LogP contribution >= 0.6 is 0 Å². The van der Waals surface area contributed by atoms with Crippen molar-refractivity contribution in [2.45, 2.75) is 24.6 Å². The number of rotatable bonds is 8. The van der Waals surface area contributed by atoms with Crippen LogP contribution in [0.4, 0.5) is 0 Å². The molecule has 0 saturated carbocycles.